The summed E-state index contributed by atoms with van der Waals surface area (Å²) in [5.74, 6) is -0.350. The van der Waals surface area contributed by atoms with Crippen molar-refractivity contribution < 1.29 is 19.1 Å². The Morgan fingerprint density at radius 2 is 1.77 bits per heavy atom. The zero-order valence-corrected chi connectivity index (χ0v) is 16.2. The van der Waals surface area contributed by atoms with Gasteiger partial charge in [-0.05, 0) is 51.5 Å². The van der Waals surface area contributed by atoms with Crippen LogP contribution in [-0.2, 0) is 9.47 Å². The van der Waals surface area contributed by atoms with E-state index < -0.39 is 5.60 Å². The van der Waals surface area contributed by atoms with Crippen LogP contribution < -0.4 is 4.90 Å². The van der Waals surface area contributed by atoms with E-state index in [-0.39, 0.29) is 12.1 Å². The minimum Gasteiger partial charge on any atom is -0.465 e. The van der Waals surface area contributed by atoms with E-state index in [4.69, 9.17) is 9.47 Å². The molecule has 1 aliphatic rings. The molecule has 1 saturated heterocycles. The van der Waals surface area contributed by atoms with Gasteiger partial charge >= 0.3 is 12.1 Å². The zero-order chi connectivity index (χ0) is 19.3. The van der Waals surface area contributed by atoms with Crippen molar-refractivity contribution in [1.29, 1.82) is 0 Å². The molecule has 1 aromatic rings. The van der Waals surface area contributed by atoms with Gasteiger partial charge in [-0.1, -0.05) is 12.2 Å². The first-order valence-corrected chi connectivity index (χ1v) is 8.83. The third-order valence-corrected chi connectivity index (χ3v) is 4.07. The molecule has 0 unspecified atom stereocenters. The van der Waals surface area contributed by atoms with Crippen LogP contribution in [0.1, 0.15) is 43.6 Å². The molecule has 0 saturated carbocycles. The summed E-state index contributed by atoms with van der Waals surface area (Å²) in [6.07, 6.45) is 3.64. The number of hydrogen-bond acceptors (Lipinski definition) is 5. The molecule has 1 fully saturated rings. The van der Waals surface area contributed by atoms with Gasteiger partial charge in [-0.2, -0.15) is 0 Å². The molecule has 0 atom stereocenters. The highest BCUT2D eigenvalue weighted by Gasteiger charge is 2.26. The molecule has 6 heteroatoms. The Hall–Kier alpha value is -2.50. The number of allylic oxidation sites excluding steroid dienone is 1. The predicted molar refractivity (Wildman–Crippen MR) is 103 cm³/mol. The molecular formula is C20H28N2O4. The van der Waals surface area contributed by atoms with E-state index in [1.165, 1.54) is 7.11 Å². The van der Waals surface area contributed by atoms with Crippen LogP contribution in [-0.4, -0.2) is 55.9 Å². The molecule has 1 amide bonds. The maximum atomic E-state index is 12.2. The molecule has 1 aromatic carbocycles. The highest BCUT2D eigenvalue weighted by Crippen LogP contribution is 2.25. The third-order valence-electron chi connectivity index (χ3n) is 4.07. The number of hydrogen-bond donors (Lipinski definition) is 0. The normalized spacial score (nSPS) is 15.3. The lowest BCUT2D eigenvalue weighted by atomic mass is 10.1. The SMILES string of the molecule is CC=Cc1cc(C(=O)OC)ccc1N1CCN(C(=O)OC(C)(C)C)CC1. The number of amides is 1. The number of esters is 1. The van der Waals surface area contributed by atoms with Crippen LogP contribution in [0.2, 0.25) is 0 Å². The van der Waals surface area contributed by atoms with E-state index in [1.807, 2.05) is 52.0 Å². The third kappa shape index (κ3) is 5.00. The van der Waals surface area contributed by atoms with Gasteiger partial charge < -0.3 is 19.3 Å². The molecule has 0 aliphatic carbocycles. The van der Waals surface area contributed by atoms with Crippen molar-refractivity contribution in [2.45, 2.75) is 33.3 Å². The lowest BCUT2D eigenvalue weighted by molar-refractivity contribution is 0.0240. The van der Waals surface area contributed by atoms with Crippen molar-refractivity contribution in [2.75, 3.05) is 38.2 Å². The smallest absolute Gasteiger partial charge is 0.410 e. The molecule has 0 N–H and O–H groups in total. The molecular weight excluding hydrogens is 332 g/mol. The monoisotopic (exact) mass is 360 g/mol. The molecule has 1 heterocycles. The fourth-order valence-electron chi connectivity index (χ4n) is 2.86. The van der Waals surface area contributed by atoms with Crippen molar-refractivity contribution in [3.05, 3.63) is 35.4 Å². The minimum absolute atomic E-state index is 0.271. The van der Waals surface area contributed by atoms with Crippen LogP contribution in [0.25, 0.3) is 6.08 Å². The summed E-state index contributed by atoms with van der Waals surface area (Å²) < 4.78 is 10.2. The van der Waals surface area contributed by atoms with Crippen molar-refractivity contribution in [2.24, 2.45) is 0 Å². The number of piperazine rings is 1. The summed E-state index contributed by atoms with van der Waals surface area (Å²) in [6, 6.07) is 5.54. The van der Waals surface area contributed by atoms with Crippen molar-refractivity contribution in [3.8, 4) is 0 Å². The Balaban J connectivity index is 2.11. The van der Waals surface area contributed by atoms with Crippen LogP contribution in [0.4, 0.5) is 10.5 Å². The molecule has 142 valence electrons. The average molecular weight is 360 g/mol. The second-order valence-electron chi connectivity index (χ2n) is 7.22. The predicted octanol–water partition coefficient (Wildman–Crippen LogP) is 3.56. The average Bonchev–Trinajstić information content (AvgIpc) is 2.60. The van der Waals surface area contributed by atoms with Gasteiger partial charge in [0.1, 0.15) is 5.60 Å². The molecule has 1 aliphatic heterocycles. The summed E-state index contributed by atoms with van der Waals surface area (Å²) in [7, 11) is 1.38. The fraction of sp³-hybridized carbons (Fsp3) is 0.500. The lowest BCUT2D eigenvalue weighted by Gasteiger charge is -2.37. The van der Waals surface area contributed by atoms with Crippen molar-refractivity contribution >= 4 is 23.8 Å². The lowest BCUT2D eigenvalue weighted by Crippen LogP contribution is -2.50. The van der Waals surface area contributed by atoms with Gasteiger partial charge in [-0.3, -0.25) is 0 Å². The minimum atomic E-state index is -0.489. The van der Waals surface area contributed by atoms with E-state index in [0.29, 0.717) is 31.7 Å². The first-order valence-electron chi connectivity index (χ1n) is 8.83. The Labute approximate surface area is 155 Å². The van der Waals surface area contributed by atoms with Gasteiger partial charge in [-0.25, -0.2) is 9.59 Å². The van der Waals surface area contributed by atoms with E-state index >= 15 is 0 Å². The molecule has 0 bridgehead atoms. The quantitative estimate of drug-likeness (QED) is 0.772. The Morgan fingerprint density at radius 3 is 2.31 bits per heavy atom. The molecule has 2 rings (SSSR count). The van der Waals surface area contributed by atoms with Gasteiger partial charge in [0.15, 0.2) is 0 Å². The Kier molecular flexibility index (Phi) is 6.29. The van der Waals surface area contributed by atoms with Crippen LogP contribution in [0.15, 0.2) is 24.3 Å². The van der Waals surface area contributed by atoms with Gasteiger partial charge in [0, 0.05) is 31.9 Å². The van der Waals surface area contributed by atoms with Crippen LogP contribution in [0, 0.1) is 0 Å². The number of anilines is 1. The number of methoxy groups -OCH3 is 1. The number of carbonyl (C=O) groups excluding carboxylic acids is 2. The highest BCUT2D eigenvalue weighted by atomic mass is 16.6. The second-order valence-corrected chi connectivity index (χ2v) is 7.22. The number of rotatable bonds is 3. The largest absolute Gasteiger partial charge is 0.465 e. The maximum absolute atomic E-state index is 12.2. The van der Waals surface area contributed by atoms with E-state index in [0.717, 1.165) is 11.3 Å². The van der Waals surface area contributed by atoms with Crippen LogP contribution in [0.3, 0.4) is 0 Å². The van der Waals surface area contributed by atoms with Gasteiger partial charge in [0.25, 0.3) is 0 Å². The standard InChI is InChI=1S/C20H28N2O4/c1-6-7-15-14-16(18(23)25-5)8-9-17(15)21-10-12-22(13-11-21)19(24)26-20(2,3)4/h6-9,14H,10-13H2,1-5H3. The number of ether oxygens (including phenoxy) is 2. The summed E-state index contributed by atoms with van der Waals surface area (Å²) in [4.78, 5) is 27.9. The van der Waals surface area contributed by atoms with E-state index in [9.17, 15) is 9.59 Å². The molecule has 0 spiro atoms. The number of carbonyl (C=O) groups is 2. The summed E-state index contributed by atoms with van der Waals surface area (Å²) in [5.41, 5.74) is 2.04. The molecule has 6 nitrogen and oxygen atoms in total. The number of nitrogens with zero attached hydrogens (tertiary/aromatic N) is 2. The van der Waals surface area contributed by atoms with Gasteiger partial charge in [0.05, 0.1) is 12.7 Å². The first kappa shape index (κ1) is 19.8. The van der Waals surface area contributed by atoms with Crippen LogP contribution in [0.5, 0.6) is 0 Å². The fourth-order valence-corrected chi connectivity index (χ4v) is 2.86. The molecule has 0 aromatic heterocycles. The topological polar surface area (TPSA) is 59.1 Å². The maximum Gasteiger partial charge on any atom is 0.410 e. The van der Waals surface area contributed by atoms with Gasteiger partial charge in [-0.15, -0.1) is 0 Å². The summed E-state index contributed by atoms with van der Waals surface area (Å²) in [6.45, 7) is 10.2. The Morgan fingerprint density at radius 1 is 1.12 bits per heavy atom. The summed E-state index contributed by atoms with van der Waals surface area (Å²) in [5, 5.41) is 0. The molecule has 26 heavy (non-hydrogen) atoms. The van der Waals surface area contributed by atoms with Crippen LogP contribution >= 0.6 is 0 Å². The Bertz CT molecular complexity index is 684. The van der Waals surface area contributed by atoms with E-state index in [1.54, 1.807) is 11.0 Å². The highest BCUT2D eigenvalue weighted by molar-refractivity contribution is 5.91. The molecule has 0 radical (unpaired) electrons. The van der Waals surface area contributed by atoms with Crippen molar-refractivity contribution in [1.82, 2.24) is 4.90 Å². The van der Waals surface area contributed by atoms with Crippen molar-refractivity contribution in [3.63, 3.8) is 0 Å². The van der Waals surface area contributed by atoms with Gasteiger partial charge in [0.2, 0.25) is 0 Å². The number of benzene rings is 1. The zero-order valence-electron chi connectivity index (χ0n) is 16.2. The van der Waals surface area contributed by atoms with E-state index in [2.05, 4.69) is 4.90 Å². The second kappa shape index (κ2) is 8.25. The summed E-state index contributed by atoms with van der Waals surface area (Å²) >= 11 is 0. The first-order chi connectivity index (χ1) is 12.2.